The number of para-hydroxylation sites is 1. The molecule has 0 aliphatic carbocycles. The molecule has 0 bridgehead atoms. The summed E-state index contributed by atoms with van der Waals surface area (Å²) in [4.78, 5) is 44.2. The molecule has 0 aliphatic heterocycles. The molecule has 10 nitrogen and oxygen atoms in total. The summed E-state index contributed by atoms with van der Waals surface area (Å²) in [6.07, 6.45) is 5.79. The number of benzene rings is 3. The molecule has 3 aromatic carbocycles. The number of aryl methyl sites for hydroxylation is 1. The number of aromatic nitrogens is 4. The van der Waals surface area contributed by atoms with Gasteiger partial charge in [-0.2, -0.15) is 0 Å². The summed E-state index contributed by atoms with van der Waals surface area (Å²) in [7, 11) is 3.24. The normalized spacial score (nSPS) is 12.5. The molecule has 0 radical (unpaired) electrons. The maximum Gasteiger partial charge on any atom is 0.252 e. The number of aromatic amines is 2. The van der Waals surface area contributed by atoms with Crippen LogP contribution in [0.1, 0.15) is 65.6 Å². The van der Waals surface area contributed by atoms with Crippen molar-refractivity contribution in [3.05, 3.63) is 102 Å². The molecule has 258 valence electrons. The van der Waals surface area contributed by atoms with Crippen LogP contribution >= 0.6 is 11.8 Å². The molecule has 0 saturated heterocycles. The van der Waals surface area contributed by atoms with Gasteiger partial charge in [0.1, 0.15) is 11.6 Å². The highest BCUT2D eigenvalue weighted by Crippen LogP contribution is 2.34. The van der Waals surface area contributed by atoms with Gasteiger partial charge in [0.25, 0.3) is 5.91 Å². The number of hydrogen-bond donors (Lipinski definition) is 4. The Hall–Kier alpha value is -5.29. The molecule has 4 N–H and O–H groups in total. The average molecular weight is 691 g/mol. The zero-order chi connectivity index (χ0) is 35.2. The maximum absolute atomic E-state index is 14.0. The molecule has 0 fully saturated rings. The lowest BCUT2D eigenvalue weighted by Crippen LogP contribution is -2.33. The zero-order valence-electron chi connectivity index (χ0n) is 28.9. The number of fused-ring (bicyclic) bond motifs is 2. The molecule has 6 rings (SSSR count). The van der Waals surface area contributed by atoms with Crippen molar-refractivity contribution in [2.45, 2.75) is 50.0 Å². The molecule has 0 aliphatic rings. The molecule has 3 heterocycles. The second-order valence-electron chi connectivity index (χ2n) is 12.2. The smallest absolute Gasteiger partial charge is 0.252 e. The first kappa shape index (κ1) is 34.6. The lowest BCUT2D eigenvalue weighted by atomic mass is 9.96. The van der Waals surface area contributed by atoms with Crippen molar-refractivity contribution in [2.24, 2.45) is 0 Å². The SMILES string of the molecule is COc1ccc2[nH]c(C)c(C(C)C(=O)N[C@@H](CCCCNC(=O)c3ccccc3SC)c3ncc(-c4cc5ccccc5nc4OC)[nH]3)c2c1. The summed E-state index contributed by atoms with van der Waals surface area (Å²) < 4.78 is 11.1. The number of carbonyl (C=O) groups excluding carboxylic acids is 2. The van der Waals surface area contributed by atoms with Gasteiger partial charge in [-0.05, 0) is 87.4 Å². The van der Waals surface area contributed by atoms with E-state index in [9.17, 15) is 9.59 Å². The van der Waals surface area contributed by atoms with E-state index in [0.29, 0.717) is 30.2 Å². The number of nitrogens with one attached hydrogen (secondary N) is 4. The molecule has 6 aromatic rings. The molecule has 2 atom stereocenters. The third-order valence-corrected chi connectivity index (χ3v) is 9.84. The number of rotatable bonds is 14. The number of methoxy groups -OCH3 is 2. The summed E-state index contributed by atoms with van der Waals surface area (Å²) in [5.74, 6) is 1.19. The monoisotopic (exact) mass is 690 g/mol. The fraction of sp³-hybridized carbons (Fsp3) is 0.282. The van der Waals surface area contributed by atoms with E-state index in [-0.39, 0.29) is 11.8 Å². The summed E-state index contributed by atoms with van der Waals surface area (Å²) in [6.45, 7) is 4.42. The Morgan fingerprint density at radius 3 is 2.56 bits per heavy atom. The predicted octanol–water partition coefficient (Wildman–Crippen LogP) is 7.72. The van der Waals surface area contributed by atoms with Crippen molar-refractivity contribution in [3.63, 3.8) is 0 Å². The fourth-order valence-electron chi connectivity index (χ4n) is 6.42. The van der Waals surface area contributed by atoms with Crippen molar-refractivity contribution in [1.29, 1.82) is 0 Å². The van der Waals surface area contributed by atoms with E-state index in [4.69, 9.17) is 19.4 Å². The second kappa shape index (κ2) is 15.5. The standard InChI is InChI=1S/C39H42N6O4S/c1-23(35-24(2)42-31-18-17-26(48-3)21-28(31)35)37(46)44-32(15-10-11-19-40-38(47)27-13-7-9-16-34(27)50-5)36-41-22-33(43-36)29-20-25-12-6-8-14-30(25)45-39(29)49-4/h6-9,12-14,16-18,20-23,32,42H,10-11,15,19H2,1-5H3,(H,40,47)(H,41,43)(H,44,46)/t23?,32-/m0/s1. The van der Waals surface area contributed by atoms with E-state index < -0.39 is 12.0 Å². The largest absolute Gasteiger partial charge is 0.497 e. The predicted molar refractivity (Wildman–Crippen MR) is 199 cm³/mol. The quantitative estimate of drug-likeness (QED) is 0.0680. The lowest BCUT2D eigenvalue weighted by molar-refractivity contribution is -0.123. The minimum atomic E-state index is -0.451. The number of imidazole rings is 1. The van der Waals surface area contributed by atoms with Crippen LogP contribution in [-0.2, 0) is 4.79 Å². The highest BCUT2D eigenvalue weighted by Gasteiger charge is 2.26. The van der Waals surface area contributed by atoms with Gasteiger partial charge in [-0.1, -0.05) is 30.3 Å². The van der Waals surface area contributed by atoms with E-state index in [1.165, 1.54) is 0 Å². The highest BCUT2D eigenvalue weighted by molar-refractivity contribution is 7.98. The Morgan fingerprint density at radius 2 is 1.76 bits per heavy atom. The highest BCUT2D eigenvalue weighted by atomic mass is 32.2. The van der Waals surface area contributed by atoms with Gasteiger partial charge < -0.3 is 30.1 Å². The summed E-state index contributed by atoms with van der Waals surface area (Å²) in [5, 5.41) is 8.28. The van der Waals surface area contributed by atoms with Crippen LogP contribution < -0.4 is 20.1 Å². The van der Waals surface area contributed by atoms with Gasteiger partial charge in [0.05, 0.1) is 54.7 Å². The Balaban J connectivity index is 1.22. The molecule has 2 amide bonds. The number of carbonyl (C=O) groups is 2. The maximum atomic E-state index is 14.0. The summed E-state index contributed by atoms with van der Waals surface area (Å²) in [5.41, 5.74) is 5.83. The minimum absolute atomic E-state index is 0.0898. The Labute approximate surface area is 295 Å². The fourth-order valence-corrected chi connectivity index (χ4v) is 7.01. The number of hydrogen-bond acceptors (Lipinski definition) is 7. The van der Waals surface area contributed by atoms with Gasteiger partial charge in [-0.25, -0.2) is 9.97 Å². The van der Waals surface area contributed by atoms with Crippen LogP contribution in [-0.4, -0.2) is 58.8 Å². The van der Waals surface area contributed by atoms with E-state index in [1.807, 2.05) is 92.9 Å². The number of unbranched alkanes of at least 4 members (excludes halogenated alkanes) is 1. The third kappa shape index (κ3) is 7.33. The van der Waals surface area contributed by atoms with Gasteiger partial charge in [0.15, 0.2) is 0 Å². The number of ether oxygens (including phenoxy) is 2. The molecule has 50 heavy (non-hydrogen) atoms. The van der Waals surface area contributed by atoms with E-state index in [1.54, 1.807) is 32.2 Å². The average Bonchev–Trinajstić information content (AvgIpc) is 3.77. The van der Waals surface area contributed by atoms with Crippen LogP contribution in [0.25, 0.3) is 33.1 Å². The minimum Gasteiger partial charge on any atom is -0.497 e. The van der Waals surface area contributed by atoms with Crippen LogP contribution in [0.2, 0.25) is 0 Å². The lowest BCUT2D eigenvalue weighted by Gasteiger charge is -2.20. The van der Waals surface area contributed by atoms with Crippen molar-refractivity contribution in [3.8, 4) is 22.9 Å². The van der Waals surface area contributed by atoms with Crippen molar-refractivity contribution in [1.82, 2.24) is 30.6 Å². The topological polar surface area (TPSA) is 134 Å². The van der Waals surface area contributed by atoms with Gasteiger partial charge in [-0.15, -0.1) is 11.8 Å². The van der Waals surface area contributed by atoms with Crippen LogP contribution in [0.3, 0.4) is 0 Å². The van der Waals surface area contributed by atoms with Crippen LogP contribution in [0.4, 0.5) is 0 Å². The van der Waals surface area contributed by atoms with Gasteiger partial charge in [0, 0.05) is 33.4 Å². The first-order valence-electron chi connectivity index (χ1n) is 16.7. The first-order valence-corrected chi connectivity index (χ1v) is 17.9. The van der Waals surface area contributed by atoms with Crippen molar-refractivity contribution in [2.75, 3.05) is 27.0 Å². The van der Waals surface area contributed by atoms with E-state index in [2.05, 4.69) is 20.6 Å². The molecular weight excluding hydrogens is 649 g/mol. The Morgan fingerprint density at radius 1 is 0.960 bits per heavy atom. The van der Waals surface area contributed by atoms with Gasteiger partial charge in [0.2, 0.25) is 11.8 Å². The van der Waals surface area contributed by atoms with Crippen LogP contribution in [0.5, 0.6) is 11.6 Å². The number of nitrogens with zero attached hydrogens (tertiary/aromatic N) is 2. The van der Waals surface area contributed by atoms with Crippen LogP contribution in [0, 0.1) is 6.92 Å². The number of thioether (sulfide) groups is 1. The Bertz CT molecular complexity index is 2140. The molecule has 3 aromatic heterocycles. The van der Waals surface area contributed by atoms with Crippen molar-refractivity contribution < 1.29 is 19.1 Å². The number of pyridine rings is 1. The molecule has 0 spiro atoms. The molecule has 0 saturated carbocycles. The summed E-state index contributed by atoms with van der Waals surface area (Å²) >= 11 is 1.55. The second-order valence-corrected chi connectivity index (χ2v) is 13.1. The van der Waals surface area contributed by atoms with Crippen LogP contribution in [0.15, 0.2) is 83.9 Å². The van der Waals surface area contributed by atoms with E-state index in [0.717, 1.165) is 67.8 Å². The number of amides is 2. The molecule has 11 heteroatoms. The summed E-state index contributed by atoms with van der Waals surface area (Å²) in [6, 6.07) is 22.9. The third-order valence-electron chi connectivity index (χ3n) is 9.04. The van der Waals surface area contributed by atoms with Crippen molar-refractivity contribution >= 4 is 45.4 Å². The Kier molecular flexibility index (Phi) is 10.7. The van der Waals surface area contributed by atoms with E-state index >= 15 is 0 Å². The molecule has 1 unspecified atom stereocenters. The number of H-pyrrole nitrogens is 2. The zero-order valence-corrected chi connectivity index (χ0v) is 29.7. The van der Waals surface area contributed by atoms with Gasteiger partial charge >= 0.3 is 0 Å². The first-order chi connectivity index (χ1) is 24.3. The molecular formula is C39H42N6O4S. The van der Waals surface area contributed by atoms with Gasteiger partial charge in [-0.3, -0.25) is 9.59 Å².